The van der Waals surface area contributed by atoms with Crippen molar-refractivity contribution in [3.63, 3.8) is 0 Å². The van der Waals surface area contributed by atoms with Crippen LogP contribution in [-0.4, -0.2) is 28.9 Å². The number of hydrogen-bond donors (Lipinski definition) is 4. The number of likely N-dealkylation sites (N-methyl/N-ethyl adjacent to an activating group) is 1. The molecule has 25 heavy (non-hydrogen) atoms. The van der Waals surface area contributed by atoms with Crippen LogP contribution in [0.4, 0.5) is 4.39 Å². The minimum atomic E-state index is -1.14. The molecule has 0 fully saturated rings. The van der Waals surface area contributed by atoms with Crippen molar-refractivity contribution >= 4 is 11.6 Å². The predicted octanol–water partition coefficient (Wildman–Crippen LogP) is 2.88. The molecule has 0 bridgehead atoms. The molecule has 2 aromatic rings. The lowest BCUT2D eigenvalue weighted by atomic mass is 9.97. The number of amides is 1. The number of aliphatic hydroxyl groups excluding tert-OH is 2. The van der Waals surface area contributed by atoms with Crippen LogP contribution in [0.5, 0.6) is 0 Å². The summed E-state index contributed by atoms with van der Waals surface area (Å²) in [5, 5.41) is 31.2. The van der Waals surface area contributed by atoms with Crippen LogP contribution in [0.2, 0.25) is 0 Å². The van der Waals surface area contributed by atoms with Crippen LogP contribution >= 0.6 is 0 Å². The molecule has 0 aliphatic carbocycles. The van der Waals surface area contributed by atoms with Gasteiger partial charge in [0.2, 0.25) is 0 Å². The maximum atomic E-state index is 13.0. The fourth-order valence-corrected chi connectivity index (χ4v) is 2.35. The molecule has 0 aromatic heterocycles. The molecule has 1 amide bonds. The molecule has 2 rings (SSSR count). The van der Waals surface area contributed by atoms with Gasteiger partial charge in [0.05, 0.1) is 11.8 Å². The van der Waals surface area contributed by atoms with E-state index in [4.69, 9.17) is 5.41 Å². The summed E-state index contributed by atoms with van der Waals surface area (Å²) in [7, 11) is 1.39. The lowest BCUT2D eigenvalue weighted by Gasteiger charge is -2.15. The number of hydrogen-bond acceptors (Lipinski definition) is 4. The molecule has 6 heteroatoms. The van der Waals surface area contributed by atoms with Gasteiger partial charge in [0.1, 0.15) is 17.1 Å². The number of rotatable bonds is 6. The van der Waals surface area contributed by atoms with Gasteiger partial charge < -0.3 is 15.5 Å². The van der Waals surface area contributed by atoms with E-state index in [1.54, 1.807) is 30.3 Å². The highest BCUT2D eigenvalue weighted by atomic mass is 19.1. The number of aliphatic hydroxyl groups is 2. The first kappa shape index (κ1) is 18.4. The van der Waals surface area contributed by atoms with Gasteiger partial charge in [0, 0.05) is 19.0 Å². The van der Waals surface area contributed by atoms with Crippen molar-refractivity contribution in [3.8, 4) is 0 Å². The fourth-order valence-electron chi connectivity index (χ4n) is 2.35. The zero-order valence-corrected chi connectivity index (χ0v) is 13.7. The Morgan fingerprint density at radius 1 is 1.16 bits per heavy atom. The Morgan fingerprint density at radius 3 is 2.32 bits per heavy atom. The van der Waals surface area contributed by atoms with E-state index in [0.717, 1.165) is 0 Å². The number of benzene rings is 2. The molecule has 1 unspecified atom stereocenters. The summed E-state index contributed by atoms with van der Waals surface area (Å²) in [5.74, 6) is -1.48. The molecule has 0 saturated carbocycles. The molecule has 1 atom stereocenters. The SMILES string of the molecule is CNC(=O)C(C(=N)c1ccccc1)=C(O)CC(O)c1ccc(F)cc1. The average Bonchev–Trinajstić information content (AvgIpc) is 2.62. The Kier molecular flexibility index (Phi) is 6.03. The van der Waals surface area contributed by atoms with E-state index in [1.165, 1.54) is 31.3 Å². The van der Waals surface area contributed by atoms with Crippen LogP contribution < -0.4 is 5.32 Å². The summed E-state index contributed by atoms with van der Waals surface area (Å²) < 4.78 is 13.0. The minimum Gasteiger partial charge on any atom is -0.511 e. The molecule has 4 N–H and O–H groups in total. The Morgan fingerprint density at radius 2 is 1.76 bits per heavy atom. The second-order valence-electron chi connectivity index (χ2n) is 5.41. The summed E-state index contributed by atoms with van der Waals surface area (Å²) in [6, 6.07) is 13.7. The van der Waals surface area contributed by atoms with E-state index in [9.17, 15) is 19.4 Å². The number of halogens is 1. The van der Waals surface area contributed by atoms with Crippen molar-refractivity contribution in [1.82, 2.24) is 5.32 Å². The molecule has 5 nitrogen and oxygen atoms in total. The Balaban J connectivity index is 2.32. The lowest BCUT2D eigenvalue weighted by molar-refractivity contribution is -0.116. The minimum absolute atomic E-state index is 0.149. The molecule has 0 aliphatic heterocycles. The van der Waals surface area contributed by atoms with Crippen LogP contribution in [0.15, 0.2) is 65.9 Å². The number of nitrogens with one attached hydrogen (secondary N) is 2. The average molecular weight is 342 g/mol. The molecule has 0 spiro atoms. The van der Waals surface area contributed by atoms with Crippen LogP contribution in [0.1, 0.15) is 23.7 Å². The molecule has 0 heterocycles. The van der Waals surface area contributed by atoms with Crippen molar-refractivity contribution in [1.29, 1.82) is 5.41 Å². The standard InChI is InChI=1S/C19H19FN2O3/c1-22-19(25)17(18(21)13-5-3-2-4-6-13)16(24)11-15(23)12-7-9-14(20)10-8-12/h2-10,15,21,23-24H,11H2,1H3,(H,22,25). The van der Waals surface area contributed by atoms with Gasteiger partial charge in [-0.3, -0.25) is 10.2 Å². The van der Waals surface area contributed by atoms with Gasteiger partial charge in [-0.15, -0.1) is 0 Å². The molecule has 0 saturated heterocycles. The zero-order chi connectivity index (χ0) is 18.4. The summed E-state index contributed by atoms with van der Waals surface area (Å²) >= 11 is 0. The zero-order valence-electron chi connectivity index (χ0n) is 13.7. The maximum Gasteiger partial charge on any atom is 0.256 e. The van der Waals surface area contributed by atoms with Gasteiger partial charge in [-0.25, -0.2) is 4.39 Å². The summed E-state index contributed by atoms with van der Waals surface area (Å²) in [4.78, 5) is 12.1. The first-order valence-corrected chi connectivity index (χ1v) is 7.66. The van der Waals surface area contributed by atoms with Crippen molar-refractivity contribution in [2.24, 2.45) is 0 Å². The van der Waals surface area contributed by atoms with E-state index in [1.807, 2.05) is 0 Å². The molecule has 130 valence electrons. The van der Waals surface area contributed by atoms with Crippen molar-refractivity contribution in [2.75, 3.05) is 7.05 Å². The monoisotopic (exact) mass is 342 g/mol. The van der Waals surface area contributed by atoms with Gasteiger partial charge in [0.25, 0.3) is 5.91 Å². The van der Waals surface area contributed by atoms with Crippen molar-refractivity contribution < 1.29 is 19.4 Å². The van der Waals surface area contributed by atoms with Gasteiger partial charge in [-0.05, 0) is 17.7 Å². The van der Waals surface area contributed by atoms with Crippen LogP contribution in [0, 0.1) is 11.2 Å². The van der Waals surface area contributed by atoms with Gasteiger partial charge in [0.15, 0.2) is 0 Å². The molecular formula is C19H19FN2O3. The third kappa shape index (κ3) is 4.51. The first-order valence-electron chi connectivity index (χ1n) is 7.66. The summed E-state index contributed by atoms with van der Waals surface area (Å²) in [6.45, 7) is 0. The van der Waals surface area contributed by atoms with Crippen LogP contribution in [0.25, 0.3) is 0 Å². The molecule has 0 radical (unpaired) electrons. The fraction of sp³-hybridized carbons (Fsp3) is 0.158. The first-order chi connectivity index (χ1) is 11.9. The maximum absolute atomic E-state index is 13.0. The smallest absolute Gasteiger partial charge is 0.256 e. The molecule has 0 aliphatic rings. The summed E-state index contributed by atoms with van der Waals surface area (Å²) in [6.07, 6.45) is -1.41. The van der Waals surface area contributed by atoms with Gasteiger partial charge in [-0.1, -0.05) is 42.5 Å². The summed E-state index contributed by atoms with van der Waals surface area (Å²) in [5.41, 5.74) is 0.498. The van der Waals surface area contributed by atoms with E-state index >= 15 is 0 Å². The highest BCUT2D eigenvalue weighted by Crippen LogP contribution is 2.23. The Labute approximate surface area is 145 Å². The van der Waals surface area contributed by atoms with Crippen molar-refractivity contribution in [3.05, 3.63) is 82.9 Å². The predicted molar refractivity (Wildman–Crippen MR) is 93.0 cm³/mol. The van der Waals surface area contributed by atoms with Crippen LogP contribution in [-0.2, 0) is 4.79 Å². The second-order valence-corrected chi connectivity index (χ2v) is 5.41. The van der Waals surface area contributed by atoms with E-state index in [2.05, 4.69) is 5.32 Å². The normalized spacial score (nSPS) is 12.9. The van der Waals surface area contributed by atoms with Gasteiger partial charge in [-0.2, -0.15) is 0 Å². The van der Waals surface area contributed by atoms with E-state index in [0.29, 0.717) is 11.1 Å². The largest absolute Gasteiger partial charge is 0.511 e. The third-order valence-electron chi connectivity index (χ3n) is 3.70. The Bertz CT molecular complexity index is 786. The van der Waals surface area contributed by atoms with Crippen LogP contribution in [0.3, 0.4) is 0 Å². The second kappa shape index (κ2) is 8.21. The number of carbonyl (C=O) groups excluding carboxylic acids is 1. The quantitative estimate of drug-likeness (QED) is 0.369. The molecule has 2 aromatic carbocycles. The van der Waals surface area contributed by atoms with Gasteiger partial charge >= 0.3 is 0 Å². The lowest BCUT2D eigenvalue weighted by Crippen LogP contribution is -2.27. The van der Waals surface area contributed by atoms with E-state index < -0.39 is 23.6 Å². The topological polar surface area (TPSA) is 93.4 Å². The highest BCUT2D eigenvalue weighted by molar-refractivity contribution is 6.27. The van der Waals surface area contributed by atoms with E-state index in [-0.39, 0.29) is 17.7 Å². The number of carbonyl (C=O) groups is 1. The third-order valence-corrected chi connectivity index (χ3v) is 3.70. The Hall–Kier alpha value is -2.99. The van der Waals surface area contributed by atoms with Crippen molar-refractivity contribution in [2.45, 2.75) is 12.5 Å². The highest BCUT2D eigenvalue weighted by Gasteiger charge is 2.22. The molecular weight excluding hydrogens is 323 g/mol.